The van der Waals surface area contributed by atoms with Gasteiger partial charge in [-0.3, -0.25) is 10.00 Å². The van der Waals surface area contributed by atoms with E-state index in [2.05, 4.69) is 45.4 Å². The van der Waals surface area contributed by atoms with Gasteiger partial charge in [-0.15, -0.1) is 0 Å². The minimum atomic E-state index is 0.318. The lowest BCUT2D eigenvalue weighted by Crippen LogP contribution is -2.23. The fraction of sp³-hybridized carbons (Fsp3) is 0.429. The van der Waals surface area contributed by atoms with Crippen molar-refractivity contribution >= 4 is 0 Å². The molecular formula is C21H26N4O2. The van der Waals surface area contributed by atoms with Crippen molar-refractivity contribution in [2.24, 2.45) is 0 Å². The average Bonchev–Trinajstić information content (AvgIpc) is 3.43. The summed E-state index contributed by atoms with van der Waals surface area (Å²) in [6.07, 6.45) is 6.25. The van der Waals surface area contributed by atoms with Crippen LogP contribution in [0.4, 0.5) is 0 Å². The zero-order valence-corrected chi connectivity index (χ0v) is 15.9. The lowest BCUT2D eigenvalue weighted by Gasteiger charge is -2.22. The highest BCUT2D eigenvalue weighted by molar-refractivity contribution is 5.63. The van der Waals surface area contributed by atoms with E-state index < -0.39 is 0 Å². The summed E-state index contributed by atoms with van der Waals surface area (Å²) < 4.78 is 10.8. The monoisotopic (exact) mass is 366 g/mol. The summed E-state index contributed by atoms with van der Waals surface area (Å²) in [7, 11) is 1.68. The maximum absolute atomic E-state index is 5.51. The van der Waals surface area contributed by atoms with Gasteiger partial charge < -0.3 is 9.26 Å². The van der Waals surface area contributed by atoms with E-state index in [4.69, 9.17) is 9.26 Å². The van der Waals surface area contributed by atoms with E-state index in [0.29, 0.717) is 6.04 Å². The van der Waals surface area contributed by atoms with Crippen LogP contribution in [0.1, 0.15) is 49.2 Å². The first-order valence-corrected chi connectivity index (χ1v) is 9.64. The highest BCUT2D eigenvalue weighted by Crippen LogP contribution is 2.34. The van der Waals surface area contributed by atoms with Crippen molar-refractivity contribution in [2.45, 2.75) is 45.2 Å². The second kappa shape index (κ2) is 7.96. The van der Waals surface area contributed by atoms with Crippen molar-refractivity contribution in [3.8, 4) is 17.0 Å². The molecule has 4 rings (SSSR count). The molecular weight excluding hydrogens is 340 g/mol. The normalized spacial score (nSPS) is 17.5. The van der Waals surface area contributed by atoms with Crippen LogP contribution in [-0.2, 0) is 13.0 Å². The summed E-state index contributed by atoms with van der Waals surface area (Å²) in [5, 5.41) is 11.8. The molecule has 3 heterocycles. The fourth-order valence-electron chi connectivity index (χ4n) is 3.86. The number of aromatic amines is 1. The number of benzene rings is 1. The lowest BCUT2D eigenvalue weighted by molar-refractivity contribution is 0.236. The van der Waals surface area contributed by atoms with Crippen LogP contribution >= 0.6 is 0 Å². The Morgan fingerprint density at radius 1 is 1.30 bits per heavy atom. The largest absolute Gasteiger partial charge is 0.497 e. The first-order valence-electron chi connectivity index (χ1n) is 9.64. The zero-order chi connectivity index (χ0) is 18.6. The van der Waals surface area contributed by atoms with Crippen molar-refractivity contribution in [3.05, 3.63) is 53.5 Å². The third-order valence-electron chi connectivity index (χ3n) is 5.25. The molecule has 1 unspecified atom stereocenters. The Hall–Kier alpha value is -2.60. The Balaban J connectivity index is 1.52. The molecule has 0 bridgehead atoms. The van der Waals surface area contributed by atoms with Gasteiger partial charge in [0.2, 0.25) is 0 Å². The van der Waals surface area contributed by atoms with Crippen LogP contribution in [-0.4, -0.2) is 33.9 Å². The summed E-state index contributed by atoms with van der Waals surface area (Å²) >= 11 is 0. The molecule has 0 radical (unpaired) electrons. The Bertz CT molecular complexity index is 868. The van der Waals surface area contributed by atoms with Crippen molar-refractivity contribution < 1.29 is 9.26 Å². The van der Waals surface area contributed by atoms with Crippen LogP contribution in [0.15, 0.2) is 41.1 Å². The standard InChI is InChI=1S/C21H26N4O2/c1-3-5-18-12-19(24-27-18)20-6-4-11-25(20)14-16-13-22-23-21(16)15-7-9-17(26-2)10-8-15/h7-10,12-13,20H,3-6,11,14H2,1-2H3,(H,22,23). The predicted octanol–water partition coefficient (Wildman–Crippen LogP) is 4.36. The van der Waals surface area contributed by atoms with Gasteiger partial charge in [0, 0.05) is 30.2 Å². The summed E-state index contributed by atoms with van der Waals surface area (Å²) in [5.41, 5.74) is 4.44. The highest BCUT2D eigenvalue weighted by Gasteiger charge is 2.29. The third-order valence-corrected chi connectivity index (χ3v) is 5.25. The molecule has 1 aromatic carbocycles. The Morgan fingerprint density at radius 2 is 2.15 bits per heavy atom. The van der Waals surface area contributed by atoms with Gasteiger partial charge in [0.25, 0.3) is 0 Å². The smallest absolute Gasteiger partial charge is 0.137 e. The zero-order valence-electron chi connectivity index (χ0n) is 15.9. The third kappa shape index (κ3) is 3.76. The SMILES string of the molecule is CCCc1cc(C2CCCN2Cc2cn[nH]c2-c2ccc(OC)cc2)no1. The molecule has 0 aliphatic carbocycles. The topological polar surface area (TPSA) is 67.2 Å². The van der Waals surface area contributed by atoms with Crippen LogP contribution in [0.25, 0.3) is 11.3 Å². The van der Waals surface area contributed by atoms with Gasteiger partial charge in [0.1, 0.15) is 17.2 Å². The fourth-order valence-corrected chi connectivity index (χ4v) is 3.86. The average molecular weight is 366 g/mol. The van der Waals surface area contributed by atoms with Gasteiger partial charge >= 0.3 is 0 Å². The summed E-state index contributed by atoms with van der Waals surface area (Å²) in [6.45, 7) is 4.07. The van der Waals surface area contributed by atoms with E-state index in [0.717, 1.165) is 60.8 Å². The number of likely N-dealkylation sites (tertiary alicyclic amines) is 1. The number of H-pyrrole nitrogens is 1. The minimum absolute atomic E-state index is 0.318. The van der Waals surface area contributed by atoms with Gasteiger partial charge in [-0.2, -0.15) is 5.10 Å². The number of hydrogen-bond acceptors (Lipinski definition) is 5. The van der Waals surface area contributed by atoms with E-state index >= 15 is 0 Å². The number of nitrogens with one attached hydrogen (secondary N) is 1. The summed E-state index contributed by atoms with van der Waals surface area (Å²) in [4.78, 5) is 2.48. The van der Waals surface area contributed by atoms with Crippen LogP contribution < -0.4 is 4.74 Å². The Morgan fingerprint density at radius 3 is 2.93 bits per heavy atom. The van der Waals surface area contributed by atoms with E-state index in [1.807, 2.05) is 18.3 Å². The highest BCUT2D eigenvalue weighted by atomic mass is 16.5. The Kier molecular flexibility index (Phi) is 5.25. The summed E-state index contributed by atoms with van der Waals surface area (Å²) in [5.74, 6) is 1.84. The molecule has 2 aromatic heterocycles. The molecule has 3 aromatic rings. The number of rotatable bonds is 7. The molecule has 6 heteroatoms. The molecule has 1 atom stereocenters. The van der Waals surface area contributed by atoms with Gasteiger partial charge in [0.05, 0.1) is 25.0 Å². The molecule has 0 spiro atoms. The minimum Gasteiger partial charge on any atom is -0.497 e. The predicted molar refractivity (Wildman–Crippen MR) is 103 cm³/mol. The van der Waals surface area contributed by atoms with E-state index in [1.54, 1.807) is 7.11 Å². The first-order chi connectivity index (χ1) is 13.3. The number of ether oxygens (including phenoxy) is 1. The second-order valence-electron chi connectivity index (χ2n) is 7.10. The van der Waals surface area contributed by atoms with Gasteiger partial charge in [0.15, 0.2) is 0 Å². The van der Waals surface area contributed by atoms with Crippen molar-refractivity contribution in [2.75, 3.05) is 13.7 Å². The van der Waals surface area contributed by atoms with E-state index in [1.165, 1.54) is 12.0 Å². The lowest BCUT2D eigenvalue weighted by atomic mass is 10.1. The first kappa shape index (κ1) is 17.8. The van der Waals surface area contributed by atoms with Gasteiger partial charge in [-0.05, 0) is 50.1 Å². The number of aromatic nitrogens is 3. The maximum Gasteiger partial charge on any atom is 0.137 e. The van der Waals surface area contributed by atoms with E-state index in [9.17, 15) is 0 Å². The molecule has 1 aliphatic heterocycles. The van der Waals surface area contributed by atoms with Gasteiger partial charge in [-0.25, -0.2) is 0 Å². The van der Waals surface area contributed by atoms with Crippen molar-refractivity contribution in [1.29, 1.82) is 0 Å². The van der Waals surface area contributed by atoms with Crippen LogP contribution in [0.5, 0.6) is 5.75 Å². The molecule has 6 nitrogen and oxygen atoms in total. The molecule has 1 fully saturated rings. The molecule has 142 valence electrons. The molecule has 0 saturated carbocycles. The number of aryl methyl sites for hydroxylation is 1. The quantitative estimate of drug-likeness (QED) is 0.673. The molecule has 1 saturated heterocycles. The number of methoxy groups -OCH3 is 1. The Labute approximate surface area is 159 Å². The molecule has 0 amide bonds. The second-order valence-corrected chi connectivity index (χ2v) is 7.10. The van der Waals surface area contributed by atoms with Crippen molar-refractivity contribution in [3.63, 3.8) is 0 Å². The van der Waals surface area contributed by atoms with Crippen LogP contribution in [0, 0.1) is 0 Å². The molecule has 1 aliphatic rings. The number of nitrogens with zero attached hydrogens (tertiary/aromatic N) is 3. The van der Waals surface area contributed by atoms with Crippen molar-refractivity contribution in [1.82, 2.24) is 20.3 Å². The summed E-state index contributed by atoms with van der Waals surface area (Å²) in [6, 6.07) is 10.5. The molecule has 27 heavy (non-hydrogen) atoms. The van der Waals surface area contributed by atoms with E-state index in [-0.39, 0.29) is 0 Å². The number of hydrogen-bond donors (Lipinski definition) is 1. The van der Waals surface area contributed by atoms with Crippen LogP contribution in [0.3, 0.4) is 0 Å². The maximum atomic E-state index is 5.51. The van der Waals surface area contributed by atoms with Crippen LogP contribution in [0.2, 0.25) is 0 Å². The molecule has 1 N–H and O–H groups in total. The van der Waals surface area contributed by atoms with Gasteiger partial charge in [-0.1, -0.05) is 12.1 Å².